The summed E-state index contributed by atoms with van der Waals surface area (Å²) in [5.74, 6) is -0.739. The van der Waals surface area contributed by atoms with Crippen molar-refractivity contribution in [3.63, 3.8) is 0 Å². The van der Waals surface area contributed by atoms with Gasteiger partial charge in [-0.05, 0) is 64.1 Å². The molecule has 0 atom stereocenters. The number of carbonyl (C=O) groups is 1. The molecule has 3 aromatic rings. The number of methoxy groups -OCH3 is 1. The maximum Gasteiger partial charge on any atom is 0.573 e. The van der Waals surface area contributed by atoms with Crippen LogP contribution in [0.4, 0.5) is 13.2 Å². The van der Waals surface area contributed by atoms with E-state index in [1.54, 1.807) is 18.2 Å². The molecule has 3 aromatic carbocycles. The zero-order chi connectivity index (χ0) is 24.9. The molecule has 0 aromatic heterocycles. The van der Waals surface area contributed by atoms with Crippen molar-refractivity contribution < 1.29 is 27.4 Å². The Labute approximate surface area is 201 Å². The summed E-state index contributed by atoms with van der Waals surface area (Å²) in [6, 6.07) is 19.7. The molecule has 0 radical (unpaired) electrons. The van der Waals surface area contributed by atoms with Crippen LogP contribution in [0.15, 0.2) is 82.6 Å². The number of hydrogen-bond acceptors (Lipinski definition) is 4. The van der Waals surface area contributed by atoms with E-state index in [1.165, 1.54) is 42.6 Å². The maximum atomic E-state index is 12.5. The summed E-state index contributed by atoms with van der Waals surface area (Å²) >= 11 is 1.54. The van der Waals surface area contributed by atoms with Crippen molar-refractivity contribution in [3.05, 3.63) is 83.9 Å². The van der Waals surface area contributed by atoms with Gasteiger partial charge in [-0.1, -0.05) is 68.9 Å². The van der Waals surface area contributed by atoms with Gasteiger partial charge in [-0.3, -0.25) is 0 Å². The molecular weight excluding hydrogens is 461 g/mol. The lowest BCUT2D eigenvalue weighted by Crippen LogP contribution is -2.16. The Morgan fingerprint density at radius 3 is 2.06 bits per heavy atom. The molecule has 0 spiro atoms. The van der Waals surface area contributed by atoms with Crippen molar-refractivity contribution in [2.45, 2.75) is 42.3 Å². The highest BCUT2D eigenvalue weighted by atomic mass is 32.2. The minimum absolute atomic E-state index is 0.0412. The van der Waals surface area contributed by atoms with Crippen molar-refractivity contribution >= 4 is 23.8 Å². The quantitative estimate of drug-likeness (QED) is 0.262. The fraction of sp³-hybridized carbons (Fsp3) is 0.222. The standard InChI is InChI=1S/C27H25F3O3S/c1-26(2,3)21-10-14-23(15-11-21)34-24-17-20(6-5-19(24)9-16-25(31)32-4)18-7-12-22(13-8-18)33-27(28,29)30/h5-17H,1-4H3. The van der Waals surface area contributed by atoms with Crippen molar-refractivity contribution in [2.75, 3.05) is 7.11 Å². The first-order valence-corrected chi connectivity index (χ1v) is 11.3. The first-order valence-electron chi connectivity index (χ1n) is 10.5. The summed E-state index contributed by atoms with van der Waals surface area (Å²) < 4.78 is 46.0. The Kier molecular flexibility index (Phi) is 7.77. The fourth-order valence-electron chi connectivity index (χ4n) is 3.16. The molecule has 0 saturated carbocycles. The van der Waals surface area contributed by atoms with E-state index in [0.717, 1.165) is 26.5 Å². The number of carbonyl (C=O) groups excluding carboxylic acids is 1. The van der Waals surface area contributed by atoms with Gasteiger partial charge in [0.25, 0.3) is 0 Å². The molecule has 0 aliphatic carbocycles. The lowest BCUT2D eigenvalue weighted by molar-refractivity contribution is -0.274. The highest BCUT2D eigenvalue weighted by molar-refractivity contribution is 7.99. The number of ether oxygens (including phenoxy) is 2. The highest BCUT2D eigenvalue weighted by Crippen LogP contribution is 2.36. The molecule has 0 bridgehead atoms. The second-order valence-electron chi connectivity index (χ2n) is 8.56. The minimum atomic E-state index is -4.73. The van der Waals surface area contributed by atoms with Crippen LogP contribution in [0.25, 0.3) is 17.2 Å². The molecule has 0 unspecified atom stereocenters. The number of alkyl halides is 3. The van der Waals surface area contributed by atoms with E-state index in [2.05, 4.69) is 54.5 Å². The van der Waals surface area contributed by atoms with E-state index in [0.29, 0.717) is 0 Å². The fourth-order valence-corrected chi connectivity index (χ4v) is 4.13. The second-order valence-corrected chi connectivity index (χ2v) is 9.67. The average molecular weight is 487 g/mol. The molecule has 0 N–H and O–H groups in total. The third kappa shape index (κ3) is 7.15. The number of hydrogen-bond donors (Lipinski definition) is 0. The van der Waals surface area contributed by atoms with Gasteiger partial charge in [0.1, 0.15) is 5.75 Å². The van der Waals surface area contributed by atoms with Gasteiger partial charge in [0.2, 0.25) is 0 Å². The van der Waals surface area contributed by atoms with Gasteiger partial charge in [0.15, 0.2) is 0 Å². The normalized spacial score (nSPS) is 12.1. The maximum absolute atomic E-state index is 12.5. The molecule has 0 aliphatic rings. The zero-order valence-electron chi connectivity index (χ0n) is 19.3. The molecule has 3 rings (SSSR count). The van der Waals surface area contributed by atoms with Gasteiger partial charge in [-0.2, -0.15) is 0 Å². The lowest BCUT2D eigenvalue weighted by Gasteiger charge is -2.19. The number of rotatable bonds is 6. The van der Waals surface area contributed by atoms with Crippen LogP contribution < -0.4 is 4.74 Å². The number of benzene rings is 3. The van der Waals surface area contributed by atoms with Gasteiger partial charge in [-0.25, -0.2) is 4.79 Å². The van der Waals surface area contributed by atoms with Crippen molar-refractivity contribution in [3.8, 4) is 16.9 Å². The summed E-state index contributed by atoms with van der Waals surface area (Å²) in [6.07, 6.45) is -1.70. The monoisotopic (exact) mass is 486 g/mol. The number of halogens is 3. The Morgan fingerprint density at radius 2 is 1.50 bits per heavy atom. The number of esters is 1. The minimum Gasteiger partial charge on any atom is -0.466 e. The molecule has 178 valence electrons. The molecule has 0 heterocycles. The van der Waals surface area contributed by atoms with E-state index in [1.807, 2.05) is 18.2 Å². The van der Waals surface area contributed by atoms with Crippen LogP contribution in [-0.2, 0) is 14.9 Å². The van der Waals surface area contributed by atoms with Crippen LogP contribution in [-0.4, -0.2) is 19.4 Å². The Balaban J connectivity index is 1.94. The third-order valence-electron chi connectivity index (χ3n) is 4.98. The van der Waals surface area contributed by atoms with Crippen molar-refractivity contribution in [1.82, 2.24) is 0 Å². The van der Waals surface area contributed by atoms with Crippen LogP contribution in [0.2, 0.25) is 0 Å². The predicted molar refractivity (Wildman–Crippen MR) is 129 cm³/mol. The SMILES string of the molecule is COC(=O)C=Cc1ccc(-c2ccc(OC(F)(F)F)cc2)cc1Sc1ccc(C(C)(C)C)cc1. The van der Waals surface area contributed by atoms with Gasteiger partial charge >= 0.3 is 12.3 Å². The predicted octanol–water partition coefficient (Wildman–Crippen LogP) is 7.89. The van der Waals surface area contributed by atoms with Gasteiger partial charge < -0.3 is 9.47 Å². The van der Waals surface area contributed by atoms with E-state index < -0.39 is 12.3 Å². The zero-order valence-corrected chi connectivity index (χ0v) is 20.1. The first-order chi connectivity index (χ1) is 15.9. The second kappa shape index (κ2) is 10.4. The van der Waals surface area contributed by atoms with E-state index >= 15 is 0 Å². The van der Waals surface area contributed by atoms with Crippen LogP contribution in [0.1, 0.15) is 31.9 Å². The summed E-state index contributed by atoms with van der Waals surface area (Å²) in [5, 5.41) is 0. The first kappa shape index (κ1) is 25.4. The lowest BCUT2D eigenvalue weighted by atomic mass is 9.87. The summed E-state index contributed by atoms with van der Waals surface area (Å²) in [4.78, 5) is 13.5. The smallest absolute Gasteiger partial charge is 0.466 e. The van der Waals surface area contributed by atoms with E-state index in [9.17, 15) is 18.0 Å². The van der Waals surface area contributed by atoms with Crippen molar-refractivity contribution in [2.24, 2.45) is 0 Å². The van der Waals surface area contributed by atoms with Gasteiger partial charge in [0, 0.05) is 15.9 Å². The van der Waals surface area contributed by atoms with Crippen LogP contribution in [0.3, 0.4) is 0 Å². The molecule has 0 amide bonds. The van der Waals surface area contributed by atoms with Gasteiger partial charge in [-0.15, -0.1) is 13.2 Å². The summed E-state index contributed by atoms with van der Waals surface area (Å²) in [7, 11) is 1.31. The van der Waals surface area contributed by atoms with Crippen LogP contribution in [0.5, 0.6) is 5.75 Å². The third-order valence-corrected chi connectivity index (χ3v) is 6.06. The van der Waals surface area contributed by atoms with Crippen LogP contribution >= 0.6 is 11.8 Å². The summed E-state index contributed by atoms with van der Waals surface area (Å²) in [5.41, 5.74) is 3.64. The Morgan fingerprint density at radius 1 is 0.882 bits per heavy atom. The Hall–Kier alpha value is -3.19. The molecule has 0 fully saturated rings. The topological polar surface area (TPSA) is 35.5 Å². The average Bonchev–Trinajstić information content (AvgIpc) is 2.77. The molecule has 34 heavy (non-hydrogen) atoms. The molecule has 7 heteroatoms. The molecule has 3 nitrogen and oxygen atoms in total. The summed E-state index contributed by atoms with van der Waals surface area (Å²) in [6.45, 7) is 6.46. The van der Waals surface area contributed by atoms with E-state index in [-0.39, 0.29) is 11.2 Å². The highest BCUT2D eigenvalue weighted by Gasteiger charge is 2.31. The van der Waals surface area contributed by atoms with E-state index in [4.69, 9.17) is 0 Å². The largest absolute Gasteiger partial charge is 0.573 e. The molecule has 0 aliphatic heterocycles. The van der Waals surface area contributed by atoms with Gasteiger partial charge in [0.05, 0.1) is 7.11 Å². The van der Waals surface area contributed by atoms with Crippen LogP contribution in [0, 0.1) is 0 Å². The molecular formula is C27H25F3O3S. The Bertz CT molecular complexity index is 1160. The molecule has 0 saturated heterocycles. The van der Waals surface area contributed by atoms with Crippen molar-refractivity contribution in [1.29, 1.82) is 0 Å².